The van der Waals surface area contributed by atoms with Gasteiger partial charge in [-0.05, 0) is 35.9 Å². The standard InChI is InChI=1S/C22H21F5N2O2/c23-21(24)31-19-6-4-17(5-7-19)20(30)8-9-28-10-12-29(13-11-28)15-16-2-1-3-18(14-16)22(25,26)27/h1-9,14,21H,10-13,15H2. The van der Waals surface area contributed by atoms with Crippen LogP contribution in [-0.2, 0) is 12.7 Å². The van der Waals surface area contributed by atoms with Crippen molar-refractivity contribution in [2.24, 2.45) is 0 Å². The number of carbonyl (C=O) groups excluding carboxylic acids is 1. The molecule has 0 saturated carbocycles. The van der Waals surface area contributed by atoms with E-state index in [2.05, 4.69) is 9.64 Å². The maximum atomic E-state index is 12.8. The van der Waals surface area contributed by atoms with Crippen molar-refractivity contribution in [3.05, 3.63) is 77.5 Å². The van der Waals surface area contributed by atoms with Crippen LogP contribution in [0.15, 0.2) is 60.8 Å². The first kappa shape index (κ1) is 22.7. The minimum atomic E-state index is -4.36. The molecule has 2 aromatic rings. The van der Waals surface area contributed by atoms with Crippen molar-refractivity contribution in [2.45, 2.75) is 19.3 Å². The van der Waals surface area contributed by atoms with Crippen molar-refractivity contribution >= 4 is 5.78 Å². The smallest absolute Gasteiger partial charge is 0.416 e. The zero-order chi connectivity index (χ0) is 22.4. The molecule has 1 saturated heterocycles. The van der Waals surface area contributed by atoms with Crippen LogP contribution in [0.3, 0.4) is 0 Å². The number of ether oxygens (including phenoxy) is 1. The first-order chi connectivity index (χ1) is 14.7. The Balaban J connectivity index is 1.48. The molecule has 0 unspecified atom stereocenters. The van der Waals surface area contributed by atoms with Gasteiger partial charge in [-0.1, -0.05) is 18.2 Å². The summed E-state index contributed by atoms with van der Waals surface area (Å²) in [6, 6.07) is 10.8. The Morgan fingerprint density at radius 2 is 1.71 bits per heavy atom. The highest BCUT2D eigenvalue weighted by molar-refractivity contribution is 6.04. The summed E-state index contributed by atoms with van der Waals surface area (Å²) in [5, 5.41) is 0. The second kappa shape index (κ2) is 9.91. The van der Waals surface area contributed by atoms with Crippen LogP contribution in [0.4, 0.5) is 22.0 Å². The van der Waals surface area contributed by atoms with E-state index in [0.717, 1.165) is 6.07 Å². The highest BCUT2D eigenvalue weighted by atomic mass is 19.4. The lowest BCUT2D eigenvalue weighted by Crippen LogP contribution is -2.43. The summed E-state index contributed by atoms with van der Waals surface area (Å²) < 4.78 is 67.1. The molecule has 4 nitrogen and oxygen atoms in total. The molecule has 0 bridgehead atoms. The molecule has 9 heteroatoms. The molecule has 0 spiro atoms. The van der Waals surface area contributed by atoms with Crippen LogP contribution in [0, 0.1) is 0 Å². The summed E-state index contributed by atoms with van der Waals surface area (Å²) in [4.78, 5) is 16.2. The van der Waals surface area contributed by atoms with Gasteiger partial charge in [0.05, 0.1) is 5.56 Å². The number of nitrogens with zero attached hydrogens (tertiary/aromatic N) is 2. The normalized spacial score (nSPS) is 15.6. The Bertz CT molecular complexity index is 905. The summed E-state index contributed by atoms with van der Waals surface area (Å²) in [5.74, 6) is -0.289. The van der Waals surface area contributed by atoms with Gasteiger partial charge in [-0.2, -0.15) is 22.0 Å². The van der Waals surface area contributed by atoms with Gasteiger partial charge in [0, 0.05) is 50.6 Å². The molecule has 1 fully saturated rings. The maximum Gasteiger partial charge on any atom is 0.416 e. The monoisotopic (exact) mass is 440 g/mol. The van der Waals surface area contributed by atoms with E-state index < -0.39 is 18.4 Å². The predicted molar refractivity (Wildman–Crippen MR) is 105 cm³/mol. The quantitative estimate of drug-likeness (QED) is 0.351. The number of rotatable bonds is 7. The molecule has 2 aromatic carbocycles. The molecule has 0 atom stereocenters. The molecule has 1 aliphatic heterocycles. The van der Waals surface area contributed by atoms with Crippen molar-refractivity contribution < 1.29 is 31.5 Å². The molecular weight excluding hydrogens is 419 g/mol. The van der Waals surface area contributed by atoms with Crippen LogP contribution in [-0.4, -0.2) is 48.4 Å². The Labute approximate surface area is 176 Å². The molecule has 0 aliphatic carbocycles. The van der Waals surface area contributed by atoms with Crippen LogP contribution in [0.1, 0.15) is 21.5 Å². The van der Waals surface area contributed by atoms with Crippen molar-refractivity contribution in [1.29, 1.82) is 0 Å². The fraction of sp³-hybridized carbons (Fsp3) is 0.318. The van der Waals surface area contributed by atoms with E-state index in [0.29, 0.717) is 43.9 Å². The third-order valence-corrected chi connectivity index (χ3v) is 4.87. The van der Waals surface area contributed by atoms with Gasteiger partial charge in [-0.3, -0.25) is 9.69 Å². The average Bonchev–Trinajstić information content (AvgIpc) is 2.73. The topological polar surface area (TPSA) is 32.8 Å². The minimum absolute atomic E-state index is 0.0209. The van der Waals surface area contributed by atoms with Gasteiger partial charge in [0.15, 0.2) is 5.78 Å². The molecule has 0 aromatic heterocycles. The number of piperazine rings is 1. The molecule has 1 aliphatic rings. The van der Waals surface area contributed by atoms with Gasteiger partial charge in [0.25, 0.3) is 0 Å². The van der Waals surface area contributed by atoms with Crippen LogP contribution < -0.4 is 4.74 Å². The van der Waals surface area contributed by atoms with E-state index >= 15 is 0 Å². The largest absolute Gasteiger partial charge is 0.435 e. The third-order valence-electron chi connectivity index (χ3n) is 4.87. The van der Waals surface area contributed by atoms with Crippen molar-refractivity contribution in [3.63, 3.8) is 0 Å². The van der Waals surface area contributed by atoms with Crippen LogP contribution in [0.2, 0.25) is 0 Å². The molecule has 166 valence electrons. The molecular formula is C22H21F5N2O2. The van der Waals surface area contributed by atoms with Crippen LogP contribution in [0.25, 0.3) is 0 Å². The summed E-state index contributed by atoms with van der Waals surface area (Å²) in [5.41, 5.74) is 0.299. The van der Waals surface area contributed by atoms with E-state index in [4.69, 9.17) is 0 Å². The van der Waals surface area contributed by atoms with Gasteiger partial charge in [0.2, 0.25) is 0 Å². The first-order valence-corrected chi connectivity index (χ1v) is 9.60. The van der Waals surface area contributed by atoms with Gasteiger partial charge >= 0.3 is 12.8 Å². The number of allylic oxidation sites excluding steroid dienone is 1. The molecule has 0 N–H and O–H groups in total. The molecule has 0 radical (unpaired) electrons. The van der Waals surface area contributed by atoms with E-state index in [-0.39, 0.29) is 11.5 Å². The van der Waals surface area contributed by atoms with Gasteiger partial charge in [-0.15, -0.1) is 0 Å². The first-order valence-electron chi connectivity index (χ1n) is 9.60. The Hall–Kier alpha value is -2.94. The lowest BCUT2D eigenvalue weighted by molar-refractivity contribution is -0.137. The lowest BCUT2D eigenvalue weighted by Gasteiger charge is -2.34. The molecule has 3 rings (SSSR count). The Morgan fingerprint density at radius 3 is 2.32 bits per heavy atom. The van der Waals surface area contributed by atoms with E-state index in [1.807, 2.05) is 4.90 Å². The number of ketones is 1. The predicted octanol–water partition coefficient (Wildman–Crippen LogP) is 4.82. The highest BCUT2D eigenvalue weighted by Gasteiger charge is 2.30. The number of hydrogen-bond donors (Lipinski definition) is 0. The third kappa shape index (κ3) is 6.78. The second-order valence-electron chi connectivity index (χ2n) is 7.09. The van der Waals surface area contributed by atoms with Gasteiger partial charge < -0.3 is 9.64 Å². The fourth-order valence-corrected chi connectivity index (χ4v) is 3.24. The van der Waals surface area contributed by atoms with Crippen LogP contribution >= 0.6 is 0 Å². The van der Waals surface area contributed by atoms with Gasteiger partial charge in [-0.25, -0.2) is 0 Å². The number of benzene rings is 2. The number of hydrogen-bond acceptors (Lipinski definition) is 4. The molecule has 0 amide bonds. The zero-order valence-electron chi connectivity index (χ0n) is 16.5. The fourth-order valence-electron chi connectivity index (χ4n) is 3.24. The van der Waals surface area contributed by atoms with E-state index in [1.165, 1.54) is 42.5 Å². The minimum Gasteiger partial charge on any atom is -0.435 e. The average molecular weight is 440 g/mol. The van der Waals surface area contributed by atoms with Crippen molar-refractivity contribution in [1.82, 2.24) is 9.80 Å². The molecule has 31 heavy (non-hydrogen) atoms. The number of alkyl halides is 5. The summed E-state index contributed by atoms with van der Waals surface area (Å²) in [6.07, 6.45) is -1.28. The zero-order valence-corrected chi connectivity index (χ0v) is 16.5. The Kier molecular flexibility index (Phi) is 7.27. The second-order valence-corrected chi connectivity index (χ2v) is 7.09. The van der Waals surface area contributed by atoms with E-state index in [1.54, 1.807) is 12.3 Å². The number of halogens is 5. The van der Waals surface area contributed by atoms with Crippen molar-refractivity contribution in [3.8, 4) is 5.75 Å². The SMILES string of the molecule is O=C(C=CN1CCN(Cc2cccc(C(F)(F)F)c2)CC1)c1ccc(OC(F)F)cc1. The maximum absolute atomic E-state index is 12.8. The lowest BCUT2D eigenvalue weighted by atomic mass is 10.1. The van der Waals surface area contributed by atoms with Crippen LogP contribution in [0.5, 0.6) is 5.75 Å². The summed E-state index contributed by atoms with van der Waals surface area (Å²) >= 11 is 0. The summed E-state index contributed by atoms with van der Waals surface area (Å²) in [7, 11) is 0. The molecule has 1 heterocycles. The van der Waals surface area contributed by atoms with E-state index in [9.17, 15) is 26.7 Å². The Morgan fingerprint density at radius 1 is 1.03 bits per heavy atom. The number of carbonyl (C=O) groups is 1. The van der Waals surface area contributed by atoms with Gasteiger partial charge in [0.1, 0.15) is 5.75 Å². The highest BCUT2D eigenvalue weighted by Crippen LogP contribution is 2.29. The van der Waals surface area contributed by atoms with Crippen molar-refractivity contribution in [2.75, 3.05) is 26.2 Å². The summed E-state index contributed by atoms with van der Waals surface area (Å²) in [6.45, 7) is 0.0538.